The van der Waals surface area contributed by atoms with Crippen molar-refractivity contribution in [2.75, 3.05) is 18.9 Å². The van der Waals surface area contributed by atoms with Gasteiger partial charge in [-0.1, -0.05) is 12.1 Å². The molecule has 0 spiro atoms. The van der Waals surface area contributed by atoms with Crippen LogP contribution in [-0.4, -0.2) is 25.4 Å². The molecule has 0 fully saturated rings. The molecule has 1 atom stereocenters. The quantitative estimate of drug-likeness (QED) is 0.724. The maximum Gasteiger partial charge on any atom is 0.416 e. The third-order valence-electron chi connectivity index (χ3n) is 3.70. The highest BCUT2D eigenvalue weighted by Crippen LogP contribution is 2.28. The number of rotatable bonds is 6. The van der Waals surface area contributed by atoms with Crippen molar-refractivity contribution in [3.05, 3.63) is 65.2 Å². The summed E-state index contributed by atoms with van der Waals surface area (Å²) in [6, 6.07) is 11.0. The summed E-state index contributed by atoms with van der Waals surface area (Å²) in [6.07, 6.45) is -4.36. The average Bonchev–Trinajstić information content (AvgIpc) is 2.54. The fraction of sp³-hybridized carbons (Fsp3) is 0.222. The highest BCUT2D eigenvalue weighted by Gasteiger charge is 2.30. The van der Waals surface area contributed by atoms with Crippen LogP contribution < -0.4 is 16.0 Å². The Hall–Kier alpha value is -2.87. The van der Waals surface area contributed by atoms with Gasteiger partial charge in [-0.25, -0.2) is 0 Å². The predicted octanol–water partition coefficient (Wildman–Crippen LogP) is 1.46. The van der Waals surface area contributed by atoms with Gasteiger partial charge >= 0.3 is 6.18 Å². The lowest BCUT2D eigenvalue weighted by atomic mass is 10.1. The maximum atomic E-state index is 12.5. The van der Waals surface area contributed by atoms with E-state index >= 15 is 0 Å². The number of quaternary nitrogens is 1. The average molecular weight is 366 g/mol. The molecule has 0 radical (unpaired) electrons. The molecule has 26 heavy (non-hydrogen) atoms. The molecule has 8 heteroatoms. The molecule has 1 unspecified atom stereocenters. The standard InChI is InChI=1S/C18H18F3N3O2/c1-24(10-12-2-6-14(7-3-12)18(19,20)21)11-16(25)23-15-8-4-13(5-9-15)17(22)26/h2-9H,10-11H2,1H3,(H2,22,26)(H,23,25)/p+1. The Morgan fingerprint density at radius 2 is 1.62 bits per heavy atom. The smallest absolute Gasteiger partial charge is 0.366 e. The van der Waals surface area contributed by atoms with Gasteiger partial charge in [0.15, 0.2) is 6.54 Å². The van der Waals surface area contributed by atoms with Crippen molar-refractivity contribution in [3.8, 4) is 0 Å². The zero-order chi connectivity index (χ0) is 19.3. The molecule has 0 aromatic heterocycles. The van der Waals surface area contributed by atoms with E-state index in [4.69, 9.17) is 5.73 Å². The number of carbonyl (C=O) groups excluding carboxylic acids is 2. The lowest BCUT2D eigenvalue weighted by Gasteiger charge is -2.14. The van der Waals surface area contributed by atoms with E-state index in [1.807, 2.05) is 0 Å². The molecule has 0 heterocycles. The fourth-order valence-electron chi connectivity index (χ4n) is 2.42. The van der Waals surface area contributed by atoms with Crippen molar-refractivity contribution in [3.63, 3.8) is 0 Å². The van der Waals surface area contributed by atoms with Gasteiger partial charge in [0.2, 0.25) is 5.91 Å². The normalized spacial score (nSPS) is 12.5. The highest BCUT2D eigenvalue weighted by molar-refractivity contribution is 5.95. The van der Waals surface area contributed by atoms with Crippen LogP contribution in [0.1, 0.15) is 21.5 Å². The van der Waals surface area contributed by atoms with E-state index in [9.17, 15) is 22.8 Å². The Kier molecular flexibility index (Phi) is 5.99. The second kappa shape index (κ2) is 8.01. The first-order chi connectivity index (χ1) is 12.1. The van der Waals surface area contributed by atoms with Gasteiger partial charge in [0.25, 0.3) is 5.91 Å². The van der Waals surface area contributed by atoms with Crippen molar-refractivity contribution in [2.24, 2.45) is 5.73 Å². The summed E-state index contributed by atoms with van der Waals surface area (Å²) < 4.78 is 37.6. The Bertz CT molecular complexity index is 772. The summed E-state index contributed by atoms with van der Waals surface area (Å²) in [6.45, 7) is 0.546. The zero-order valence-corrected chi connectivity index (χ0v) is 14.1. The van der Waals surface area contributed by atoms with Gasteiger partial charge in [-0.15, -0.1) is 0 Å². The van der Waals surface area contributed by atoms with Crippen molar-refractivity contribution in [2.45, 2.75) is 12.7 Å². The molecule has 0 bridgehead atoms. The van der Waals surface area contributed by atoms with Gasteiger partial charge < -0.3 is 16.0 Å². The van der Waals surface area contributed by atoms with Crippen LogP contribution in [-0.2, 0) is 17.5 Å². The number of amides is 2. The molecule has 0 aliphatic rings. The van der Waals surface area contributed by atoms with Crippen LogP contribution in [0.2, 0.25) is 0 Å². The number of hydrogen-bond donors (Lipinski definition) is 3. The van der Waals surface area contributed by atoms with Gasteiger partial charge in [0, 0.05) is 16.8 Å². The van der Waals surface area contributed by atoms with E-state index in [-0.39, 0.29) is 12.5 Å². The highest BCUT2D eigenvalue weighted by atomic mass is 19.4. The minimum Gasteiger partial charge on any atom is -0.366 e. The fourth-order valence-corrected chi connectivity index (χ4v) is 2.42. The summed E-state index contributed by atoms with van der Waals surface area (Å²) in [5.74, 6) is -0.801. The molecule has 138 valence electrons. The predicted molar refractivity (Wildman–Crippen MR) is 90.5 cm³/mol. The summed E-state index contributed by atoms with van der Waals surface area (Å²) >= 11 is 0. The summed E-state index contributed by atoms with van der Waals surface area (Å²) in [4.78, 5) is 23.9. The van der Waals surface area contributed by atoms with Crippen LogP contribution in [0.25, 0.3) is 0 Å². The number of likely N-dealkylation sites (N-methyl/N-ethyl adjacent to an activating group) is 1. The number of hydrogen-bond acceptors (Lipinski definition) is 2. The SMILES string of the molecule is C[NH+](CC(=O)Nc1ccc(C(N)=O)cc1)Cc1ccc(C(F)(F)F)cc1. The van der Waals surface area contributed by atoms with Crippen LogP contribution in [0.3, 0.4) is 0 Å². The molecule has 0 saturated carbocycles. The maximum absolute atomic E-state index is 12.5. The molecule has 2 amide bonds. The molecular weight excluding hydrogens is 347 g/mol. The Labute approximate surface area is 148 Å². The second-order valence-electron chi connectivity index (χ2n) is 6.00. The van der Waals surface area contributed by atoms with E-state index in [1.54, 1.807) is 19.2 Å². The monoisotopic (exact) mass is 366 g/mol. The van der Waals surface area contributed by atoms with E-state index in [0.29, 0.717) is 23.4 Å². The summed E-state index contributed by atoms with van der Waals surface area (Å²) in [7, 11) is 1.77. The van der Waals surface area contributed by atoms with Crippen molar-refractivity contribution < 1.29 is 27.7 Å². The Balaban J connectivity index is 1.87. The van der Waals surface area contributed by atoms with Crippen molar-refractivity contribution in [1.82, 2.24) is 0 Å². The number of carbonyl (C=O) groups is 2. The Morgan fingerprint density at radius 1 is 1.04 bits per heavy atom. The molecule has 2 aromatic rings. The lowest BCUT2D eigenvalue weighted by molar-refractivity contribution is -0.885. The molecule has 0 saturated heterocycles. The first-order valence-corrected chi connectivity index (χ1v) is 7.82. The number of alkyl halides is 3. The number of nitrogens with one attached hydrogen (secondary N) is 2. The molecule has 0 aliphatic heterocycles. The number of primary amides is 1. The van der Waals surface area contributed by atoms with Gasteiger partial charge in [0.05, 0.1) is 12.6 Å². The van der Waals surface area contributed by atoms with E-state index in [0.717, 1.165) is 17.0 Å². The van der Waals surface area contributed by atoms with Gasteiger partial charge in [-0.05, 0) is 36.4 Å². The molecule has 5 nitrogen and oxygen atoms in total. The largest absolute Gasteiger partial charge is 0.416 e. The van der Waals surface area contributed by atoms with E-state index in [1.165, 1.54) is 24.3 Å². The molecule has 2 rings (SSSR count). The van der Waals surface area contributed by atoms with Gasteiger partial charge in [-0.2, -0.15) is 13.2 Å². The van der Waals surface area contributed by atoms with Crippen LogP contribution in [0, 0.1) is 0 Å². The third kappa shape index (κ3) is 5.59. The van der Waals surface area contributed by atoms with Gasteiger partial charge in [-0.3, -0.25) is 9.59 Å². The molecule has 0 aliphatic carbocycles. The molecule has 2 aromatic carbocycles. The number of anilines is 1. The number of halogens is 3. The third-order valence-corrected chi connectivity index (χ3v) is 3.70. The van der Waals surface area contributed by atoms with Crippen molar-refractivity contribution in [1.29, 1.82) is 0 Å². The summed E-state index contributed by atoms with van der Waals surface area (Å²) in [5.41, 5.74) is 6.02. The second-order valence-corrected chi connectivity index (χ2v) is 6.00. The molecular formula is C18H19F3N3O2+. The van der Waals surface area contributed by atoms with Crippen LogP contribution >= 0.6 is 0 Å². The molecule has 4 N–H and O–H groups in total. The first-order valence-electron chi connectivity index (χ1n) is 7.82. The number of nitrogens with two attached hydrogens (primary N) is 1. The van der Waals surface area contributed by atoms with E-state index < -0.39 is 17.6 Å². The zero-order valence-electron chi connectivity index (χ0n) is 14.1. The van der Waals surface area contributed by atoms with Gasteiger partial charge in [0.1, 0.15) is 6.54 Å². The number of benzene rings is 2. The summed E-state index contributed by atoms with van der Waals surface area (Å²) in [5, 5.41) is 2.69. The van der Waals surface area contributed by atoms with Crippen LogP contribution in [0.15, 0.2) is 48.5 Å². The minimum absolute atomic E-state index is 0.137. The Morgan fingerprint density at radius 3 is 2.12 bits per heavy atom. The minimum atomic E-state index is -4.36. The topological polar surface area (TPSA) is 76.6 Å². The van der Waals surface area contributed by atoms with Crippen LogP contribution in [0.5, 0.6) is 0 Å². The van der Waals surface area contributed by atoms with E-state index in [2.05, 4.69) is 5.32 Å². The first kappa shape index (κ1) is 19.5. The van der Waals surface area contributed by atoms with Crippen molar-refractivity contribution >= 4 is 17.5 Å². The lowest BCUT2D eigenvalue weighted by Crippen LogP contribution is -3.08. The van der Waals surface area contributed by atoms with Crippen LogP contribution in [0.4, 0.5) is 18.9 Å².